The first-order chi connectivity index (χ1) is 25.3. The van der Waals surface area contributed by atoms with E-state index >= 15 is 0 Å². The summed E-state index contributed by atoms with van der Waals surface area (Å²) in [5, 5.41) is 4.89. The van der Waals surface area contributed by atoms with E-state index in [1.54, 1.807) is 12.1 Å². The van der Waals surface area contributed by atoms with Crippen LogP contribution < -0.4 is 10.6 Å². The third kappa shape index (κ3) is 12.4. The second-order valence-electron chi connectivity index (χ2n) is 11.9. The number of nitrogens with one attached hydrogen (secondary N) is 2. The Kier molecular flexibility index (Phi) is 17.0. The van der Waals surface area contributed by atoms with Gasteiger partial charge in [-0.05, 0) is 31.4 Å². The second kappa shape index (κ2) is 21.9. The molecule has 7 amide bonds. The van der Waals surface area contributed by atoms with Crippen molar-refractivity contribution in [1.29, 1.82) is 0 Å². The number of benzene rings is 1. The molecule has 3 heterocycles. The zero-order chi connectivity index (χ0) is 37.1. The Balaban J connectivity index is 0.908. The zero-order valence-corrected chi connectivity index (χ0v) is 29.1. The summed E-state index contributed by atoms with van der Waals surface area (Å²) < 4.78 is 32.7. The molecule has 4 rings (SSSR count). The molecule has 0 bridgehead atoms. The number of anilines is 1. The van der Waals surface area contributed by atoms with Gasteiger partial charge < -0.3 is 33.7 Å². The molecule has 1 fully saturated rings. The van der Waals surface area contributed by atoms with Crippen LogP contribution in [0.15, 0.2) is 30.4 Å². The van der Waals surface area contributed by atoms with Gasteiger partial charge in [-0.25, -0.2) is 0 Å². The molecule has 0 aromatic heterocycles. The van der Waals surface area contributed by atoms with Crippen molar-refractivity contribution < 1.29 is 62.0 Å². The standard InChI is InChI=1S/C35H46N4O13/c40-28(36-26-6-4-5-25-32(26)35(46)39(34(25)45)27-8-9-29(41)37-33(27)44)7-2-1-3-13-47-15-17-49-19-21-51-23-24-52-22-20-50-18-16-48-14-12-38-30(42)10-11-31(38)43/h4-6,10-11,27H,1-3,7-9,12-24H2,(H,36,40)(H,37,41,44). The van der Waals surface area contributed by atoms with Gasteiger partial charge in [-0.1, -0.05) is 12.5 Å². The van der Waals surface area contributed by atoms with Crippen LogP contribution in [0, 0.1) is 0 Å². The molecule has 0 saturated carbocycles. The average Bonchev–Trinajstić information content (AvgIpc) is 3.58. The molecule has 1 aromatic carbocycles. The lowest BCUT2D eigenvalue weighted by molar-refractivity contribution is -0.138. The quantitative estimate of drug-likeness (QED) is 0.0992. The number of carbonyl (C=O) groups excluding carboxylic acids is 7. The normalized spacial score (nSPS) is 17.0. The van der Waals surface area contributed by atoms with Crippen LogP contribution in [0.25, 0.3) is 0 Å². The van der Waals surface area contributed by atoms with Gasteiger partial charge in [-0.15, -0.1) is 0 Å². The monoisotopic (exact) mass is 730 g/mol. The van der Waals surface area contributed by atoms with E-state index in [1.165, 1.54) is 18.2 Å². The molecule has 3 aliphatic rings. The first-order valence-corrected chi connectivity index (χ1v) is 17.4. The Hall–Kier alpha value is -4.39. The van der Waals surface area contributed by atoms with Crippen molar-refractivity contribution in [1.82, 2.24) is 15.1 Å². The molecule has 1 aromatic rings. The number of ether oxygens (including phenoxy) is 6. The molecule has 17 heteroatoms. The summed E-state index contributed by atoms with van der Waals surface area (Å²) in [6, 6.07) is 3.50. The summed E-state index contributed by atoms with van der Waals surface area (Å²) in [6.45, 7) is 5.14. The molecule has 1 unspecified atom stereocenters. The number of amides is 7. The highest BCUT2D eigenvalue weighted by Gasteiger charge is 2.45. The molecule has 0 spiro atoms. The number of fused-ring (bicyclic) bond motifs is 1. The lowest BCUT2D eigenvalue weighted by Crippen LogP contribution is -2.54. The lowest BCUT2D eigenvalue weighted by Gasteiger charge is -2.27. The topological polar surface area (TPSA) is 205 Å². The highest BCUT2D eigenvalue weighted by molar-refractivity contribution is 6.26. The fourth-order valence-electron chi connectivity index (χ4n) is 5.51. The van der Waals surface area contributed by atoms with Crippen molar-refractivity contribution in [3.8, 4) is 0 Å². The van der Waals surface area contributed by atoms with Crippen molar-refractivity contribution >= 4 is 47.0 Å². The molecule has 284 valence electrons. The minimum atomic E-state index is -1.08. The van der Waals surface area contributed by atoms with Crippen LogP contribution >= 0.6 is 0 Å². The van der Waals surface area contributed by atoms with E-state index in [9.17, 15) is 33.6 Å². The highest BCUT2D eigenvalue weighted by Crippen LogP contribution is 2.32. The van der Waals surface area contributed by atoms with Crippen LogP contribution in [0.5, 0.6) is 0 Å². The summed E-state index contributed by atoms with van der Waals surface area (Å²) in [5.74, 6) is -3.39. The summed E-state index contributed by atoms with van der Waals surface area (Å²) in [7, 11) is 0. The van der Waals surface area contributed by atoms with Crippen molar-refractivity contribution in [2.45, 2.75) is 44.6 Å². The molecule has 3 aliphatic heterocycles. The maximum atomic E-state index is 13.2. The molecule has 2 N–H and O–H groups in total. The largest absolute Gasteiger partial charge is 0.379 e. The SMILES string of the molecule is O=C1CCC(N2C(=O)c3cccc(NC(=O)CCCCCOCCOCCOCCOCCOCCOCCN4C(=O)C=CC4=O)c3C2=O)C(=O)N1. The summed E-state index contributed by atoms with van der Waals surface area (Å²) in [6.07, 6.45) is 4.89. The fourth-order valence-corrected chi connectivity index (χ4v) is 5.51. The summed E-state index contributed by atoms with van der Waals surface area (Å²) in [4.78, 5) is 87.4. The smallest absolute Gasteiger partial charge is 0.264 e. The zero-order valence-electron chi connectivity index (χ0n) is 29.1. The molecular weight excluding hydrogens is 684 g/mol. The summed E-state index contributed by atoms with van der Waals surface area (Å²) in [5.41, 5.74) is 0.364. The molecule has 52 heavy (non-hydrogen) atoms. The van der Waals surface area contributed by atoms with Gasteiger partial charge in [0.05, 0.1) is 96.0 Å². The minimum Gasteiger partial charge on any atom is -0.379 e. The lowest BCUT2D eigenvalue weighted by atomic mass is 10.0. The number of unbranched alkanes of at least 4 members (excludes halogenated alkanes) is 2. The molecule has 0 aliphatic carbocycles. The number of piperidine rings is 1. The van der Waals surface area contributed by atoms with Gasteiger partial charge in [0.25, 0.3) is 23.6 Å². The van der Waals surface area contributed by atoms with E-state index in [2.05, 4.69) is 10.6 Å². The number of rotatable bonds is 26. The number of nitrogens with zero attached hydrogens (tertiary/aromatic N) is 2. The molecule has 1 saturated heterocycles. The van der Waals surface area contributed by atoms with Gasteiger partial charge in [0.2, 0.25) is 17.7 Å². The van der Waals surface area contributed by atoms with E-state index in [1.807, 2.05) is 0 Å². The van der Waals surface area contributed by atoms with Crippen LogP contribution in [0.3, 0.4) is 0 Å². The first-order valence-electron chi connectivity index (χ1n) is 17.4. The van der Waals surface area contributed by atoms with Crippen LogP contribution in [0.1, 0.15) is 59.2 Å². The van der Waals surface area contributed by atoms with Crippen LogP contribution in [0.2, 0.25) is 0 Å². The van der Waals surface area contributed by atoms with Crippen molar-refractivity contribution in [2.24, 2.45) is 0 Å². The van der Waals surface area contributed by atoms with E-state index in [0.29, 0.717) is 79.1 Å². The molecule has 1 atom stereocenters. The van der Waals surface area contributed by atoms with Crippen LogP contribution in [0.4, 0.5) is 5.69 Å². The number of carbonyl (C=O) groups is 7. The summed E-state index contributed by atoms with van der Waals surface area (Å²) >= 11 is 0. The Bertz CT molecular complexity index is 1450. The molecular formula is C35H46N4O13. The second-order valence-corrected chi connectivity index (χ2v) is 11.9. The highest BCUT2D eigenvalue weighted by atomic mass is 16.6. The Labute approximate surface area is 301 Å². The maximum Gasteiger partial charge on any atom is 0.264 e. The Morgan fingerprint density at radius 1 is 0.692 bits per heavy atom. The van der Waals surface area contributed by atoms with E-state index in [-0.39, 0.29) is 66.9 Å². The van der Waals surface area contributed by atoms with Crippen LogP contribution in [-0.2, 0) is 52.4 Å². The van der Waals surface area contributed by atoms with Gasteiger partial charge in [-0.3, -0.25) is 48.7 Å². The minimum absolute atomic E-state index is 0.0243. The third-order valence-electron chi connectivity index (χ3n) is 8.15. The average molecular weight is 731 g/mol. The van der Waals surface area contributed by atoms with Crippen molar-refractivity contribution in [3.63, 3.8) is 0 Å². The predicted molar refractivity (Wildman–Crippen MR) is 181 cm³/mol. The maximum absolute atomic E-state index is 13.2. The third-order valence-corrected chi connectivity index (χ3v) is 8.15. The Morgan fingerprint density at radius 3 is 1.83 bits per heavy atom. The van der Waals surface area contributed by atoms with Gasteiger partial charge in [0, 0.05) is 31.6 Å². The van der Waals surface area contributed by atoms with Gasteiger partial charge in [0.15, 0.2) is 0 Å². The number of hydrogen-bond acceptors (Lipinski definition) is 13. The van der Waals surface area contributed by atoms with Gasteiger partial charge in [-0.2, -0.15) is 0 Å². The Morgan fingerprint density at radius 2 is 1.25 bits per heavy atom. The fraction of sp³-hybridized carbons (Fsp3) is 0.571. The number of imide groups is 3. The van der Waals surface area contributed by atoms with E-state index in [0.717, 1.165) is 22.6 Å². The van der Waals surface area contributed by atoms with Crippen molar-refractivity contribution in [2.75, 3.05) is 91.1 Å². The first kappa shape index (κ1) is 40.4. The molecule has 0 radical (unpaired) electrons. The molecule has 17 nitrogen and oxygen atoms in total. The van der Waals surface area contributed by atoms with Gasteiger partial charge >= 0.3 is 0 Å². The van der Waals surface area contributed by atoms with E-state index in [4.69, 9.17) is 28.4 Å². The van der Waals surface area contributed by atoms with Crippen LogP contribution in [-0.4, -0.2) is 143 Å². The van der Waals surface area contributed by atoms with E-state index < -0.39 is 29.7 Å². The van der Waals surface area contributed by atoms with Gasteiger partial charge in [0.1, 0.15) is 6.04 Å². The van der Waals surface area contributed by atoms with Crippen molar-refractivity contribution in [3.05, 3.63) is 41.5 Å². The number of hydrogen-bond donors (Lipinski definition) is 2. The predicted octanol–water partition coefficient (Wildman–Crippen LogP) is 0.611.